The van der Waals surface area contributed by atoms with E-state index in [1.54, 1.807) is 4.90 Å². The highest BCUT2D eigenvalue weighted by molar-refractivity contribution is 5.71. The lowest BCUT2D eigenvalue weighted by molar-refractivity contribution is 0.156. The van der Waals surface area contributed by atoms with Crippen molar-refractivity contribution in [3.05, 3.63) is 29.8 Å². The maximum atomic E-state index is 12.0. The third-order valence-corrected chi connectivity index (χ3v) is 2.91. The number of amides is 1. The van der Waals surface area contributed by atoms with Crippen LogP contribution in [0.3, 0.4) is 0 Å². The van der Waals surface area contributed by atoms with E-state index in [0.29, 0.717) is 18.8 Å². The number of ether oxygens (including phenoxy) is 1. The van der Waals surface area contributed by atoms with Crippen LogP contribution >= 0.6 is 0 Å². The zero-order chi connectivity index (χ0) is 13.8. The number of para-hydroxylation sites is 1. The van der Waals surface area contributed by atoms with E-state index in [0.717, 1.165) is 5.56 Å². The minimum absolute atomic E-state index is 0.0415. The fourth-order valence-corrected chi connectivity index (χ4v) is 1.82. The van der Waals surface area contributed by atoms with Crippen molar-refractivity contribution in [3.63, 3.8) is 0 Å². The Bertz CT molecular complexity index is 403. The summed E-state index contributed by atoms with van der Waals surface area (Å²) in [5, 5.41) is 0. The molecular weight excluding hydrogens is 226 g/mol. The Morgan fingerprint density at radius 3 is 2.22 bits per heavy atom. The van der Waals surface area contributed by atoms with Crippen LogP contribution in [-0.2, 0) is 5.41 Å². The van der Waals surface area contributed by atoms with Gasteiger partial charge in [-0.05, 0) is 25.3 Å². The molecule has 0 bridgehead atoms. The van der Waals surface area contributed by atoms with Crippen LogP contribution < -0.4 is 4.74 Å². The summed E-state index contributed by atoms with van der Waals surface area (Å²) in [5.74, 6) is 0.655. The van der Waals surface area contributed by atoms with Crippen molar-refractivity contribution in [3.8, 4) is 5.75 Å². The molecule has 0 radical (unpaired) electrons. The fourth-order valence-electron chi connectivity index (χ4n) is 1.82. The summed E-state index contributed by atoms with van der Waals surface area (Å²) in [6.07, 6.45) is -0.281. The van der Waals surface area contributed by atoms with Crippen LogP contribution in [0.5, 0.6) is 5.75 Å². The van der Waals surface area contributed by atoms with E-state index >= 15 is 0 Å². The van der Waals surface area contributed by atoms with Gasteiger partial charge in [-0.3, -0.25) is 0 Å². The lowest BCUT2D eigenvalue weighted by Gasteiger charge is -2.24. The summed E-state index contributed by atoms with van der Waals surface area (Å²) in [5.41, 5.74) is 1.01. The van der Waals surface area contributed by atoms with Crippen LogP contribution in [-0.4, -0.2) is 24.1 Å². The second-order valence-electron chi connectivity index (χ2n) is 5.29. The van der Waals surface area contributed by atoms with Crippen molar-refractivity contribution in [2.45, 2.75) is 40.0 Å². The summed E-state index contributed by atoms with van der Waals surface area (Å²) in [6, 6.07) is 7.71. The van der Waals surface area contributed by atoms with Gasteiger partial charge in [-0.25, -0.2) is 4.79 Å². The summed E-state index contributed by atoms with van der Waals surface area (Å²) < 4.78 is 5.50. The van der Waals surface area contributed by atoms with Gasteiger partial charge >= 0.3 is 6.09 Å². The Kier molecular flexibility index (Phi) is 4.76. The Hall–Kier alpha value is -1.51. The molecule has 0 atom stereocenters. The molecule has 0 aliphatic rings. The quantitative estimate of drug-likeness (QED) is 0.815. The summed E-state index contributed by atoms with van der Waals surface area (Å²) >= 11 is 0. The Morgan fingerprint density at radius 2 is 1.72 bits per heavy atom. The number of hydrogen-bond acceptors (Lipinski definition) is 2. The molecule has 3 nitrogen and oxygen atoms in total. The van der Waals surface area contributed by atoms with Gasteiger partial charge in [-0.2, -0.15) is 0 Å². The maximum Gasteiger partial charge on any atom is 0.415 e. The van der Waals surface area contributed by atoms with Gasteiger partial charge < -0.3 is 9.64 Å². The smallest absolute Gasteiger partial charge is 0.410 e. The van der Waals surface area contributed by atoms with Crippen LogP contribution in [0, 0.1) is 0 Å². The third kappa shape index (κ3) is 3.49. The molecule has 1 aromatic carbocycles. The van der Waals surface area contributed by atoms with Crippen LogP contribution in [0.25, 0.3) is 0 Å². The molecule has 3 heteroatoms. The second kappa shape index (κ2) is 5.89. The number of rotatable bonds is 3. The standard InChI is InChI=1S/C15H23NO2/c1-6-16(7-2)14(17)18-13-11-9-8-10-12(13)15(3,4)5/h8-11H,6-7H2,1-5H3. The highest BCUT2D eigenvalue weighted by atomic mass is 16.6. The Balaban J connectivity index is 2.95. The molecule has 0 spiro atoms. The zero-order valence-corrected chi connectivity index (χ0v) is 12.0. The number of benzene rings is 1. The molecule has 0 unspecified atom stereocenters. The first-order valence-electron chi connectivity index (χ1n) is 6.46. The second-order valence-corrected chi connectivity index (χ2v) is 5.29. The zero-order valence-electron chi connectivity index (χ0n) is 12.0. The van der Waals surface area contributed by atoms with Gasteiger partial charge in [0.1, 0.15) is 5.75 Å². The van der Waals surface area contributed by atoms with Crippen molar-refractivity contribution in [1.82, 2.24) is 4.90 Å². The van der Waals surface area contributed by atoms with Crippen molar-refractivity contribution in [1.29, 1.82) is 0 Å². The first-order valence-corrected chi connectivity index (χ1v) is 6.46. The number of nitrogens with zero attached hydrogens (tertiary/aromatic N) is 1. The van der Waals surface area contributed by atoms with E-state index in [4.69, 9.17) is 4.74 Å². The van der Waals surface area contributed by atoms with Gasteiger partial charge in [0.15, 0.2) is 0 Å². The molecule has 0 heterocycles. The average Bonchev–Trinajstić information content (AvgIpc) is 2.30. The van der Waals surface area contributed by atoms with Gasteiger partial charge in [0, 0.05) is 18.7 Å². The molecule has 0 fully saturated rings. The van der Waals surface area contributed by atoms with Gasteiger partial charge in [0.2, 0.25) is 0 Å². The van der Waals surface area contributed by atoms with E-state index in [1.807, 2.05) is 38.1 Å². The van der Waals surface area contributed by atoms with Crippen molar-refractivity contribution < 1.29 is 9.53 Å². The van der Waals surface area contributed by atoms with Crippen molar-refractivity contribution >= 4 is 6.09 Å². The largest absolute Gasteiger partial charge is 0.415 e. The van der Waals surface area contributed by atoms with E-state index in [2.05, 4.69) is 20.8 Å². The summed E-state index contributed by atoms with van der Waals surface area (Å²) in [4.78, 5) is 13.6. The molecule has 0 aromatic heterocycles. The van der Waals surface area contributed by atoms with E-state index in [1.165, 1.54) is 0 Å². The molecule has 18 heavy (non-hydrogen) atoms. The van der Waals surface area contributed by atoms with Gasteiger partial charge in [0.25, 0.3) is 0 Å². The molecule has 0 saturated heterocycles. The monoisotopic (exact) mass is 249 g/mol. The molecule has 0 saturated carbocycles. The van der Waals surface area contributed by atoms with Crippen LogP contribution in [0.4, 0.5) is 4.79 Å². The van der Waals surface area contributed by atoms with Gasteiger partial charge in [-0.1, -0.05) is 39.0 Å². The highest BCUT2D eigenvalue weighted by Gasteiger charge is 2.21. The molecule has 0 aliphatic carbocycles. The number of hydrogen-bond donors (Lipinski definition) is 0. The van der Waals surface area contributed by atoms with E-state index in [-0.39, 0.29) is 11.5 Å². The third-order valence-electron chi connectivity index (χ3n) is 2.91. The minimum atomic E-state index is -0.281. The predicted octanol–water partition coefficient (Wildman–Crippen LogP) is 3.82. The SMILES string of the molecule is CCN(CC)C(=O)Oc1ccccc1C(C)(C)C. The van der Waals surface area contributed by atoms with E-state index in [9.17, 15) is 4.79 Å². The molecule has 100 valence electrons. The Morgan fingerprint density at radius 1 is 1.17 bits per heavy atom. The molecule has 1 aromatic rings. The van der Waals surface area contributed by atoms with E-state index < -0.39 is 0 Å². The normalized spacial score (nSPS) is 11.2. The van der Waals surface area contributed by atoms with Crippen LogP contribution in [0.1, 0.15) is 40.2 Å². The maximum absolute atomic E-state index is 12.0. The topological polar surface area (TPSA) is 29.5 Å². The molecule has 1 amide bonds. The lowest BCUT2D eigenvalue weighted by Crippen LogP contribution is -2.33. The van der Waals surface area contributed by atoms with Crippen LogP contribution in [0.15, 0.2) is 24.3 Å². The molecule has 0 N–H and O–H groups in total. The first-order chi connectivity index (χ1) is 8.40. The van der Waals surface area contributed by atoms with Gasteiger partial charge in [0.05, 0.1) is 0 Å². The first kappa shape index (κ1) is 14.6. The molecule has 1 rings (SSSR count). The number of carbonyl (C=O) groups is 1. The predicted molar refractivity (Wildman–Crippen MR) is 74.1 cm³/mol. The fraction of sp³-hybridized carbons (Fsp3) is 0.533. The average molecular weight is 249 g/mol. The molecular formula is C15H23NO2. The summed E-state index contributed by atoms with van der Waals surface area (Å²) in [6.45, 7) is 11.5. The van der Waals surface area contributed by atoms with Crippen molar-refractivity contribution in [2.75, 3.05) is 13.1 Å². The van der Waals surface area contributed by atoms with Crippen molar-refractivity contribution in [2.24, 2.45) is 0 Å². The van der Waals surface area contributed by atoms with Crippen LogP contribution in [0.2, 0.25) is 0 Å². The highest BCUT2D eigenvalue weighted by Crippen LogP contribution is 2.31. The van der Waals surface area contributed by atoms with Gasteiger partial charge in [-0.15, -0.1) is 0 Å². The molecule has 0 aliphatic heterocycles. The minimum Gasteiger partial charge on any atom is -0.410 e. The lowest BCUT2D eigenvalue weighted by atomic mass is 9.86. The number of carbonyl (C=O) groups excluding carboxylic acids is 1. The Labute approximate surface area is 110 Å². The summed E-state index contributed by atoms with van der Waals surface area (Å²) in [7, 11) is 0.